The smallest absolute Gasteiger partial charge is 0.336 e. The molecule has 1 aliphatic heterocycles. The van der Waals surface area contributed by atoms with Crippen LogP contribution in [0.1, 0.15) is 32.6 Å². The van der Waals surface area contributed by atoms with Gasteiger partial charge in [0.05, 0.1) is 12.7 Å². The number of nitrogens with zero attached hydrogens (tertiary/aromatic N) is 3. The van der Waals surface area contributed by atoms with E-state index in [2.05, 4.69) is 10.2 Å². The molecular formula is C18H23N3O5S. The van der Waals surface area contributed by atoms with E-state index in [4.69, 9.17) is 9.15 Å². The van der Waals surface area contributed by atoms with Crippen molar-refractivity contribution in [2.24, 2.45) is 0 Å². The first kappa shape index (κ1) is 19.3. The van der Waals surface area contributed by atoms with Crippen LogP contribution in [-0.2, 0) is 14.6 Å². The van der Waals surface area contributed by atoms with E-state index >= 15 is 0 Å². The van der Waals surface area contributed by atoms with E-state index in [0.717, 1.165) is 25.7 Å². The number of rotatable bonds is 6. The summed E-state index contributed by atoms with van der Waals surface area (Å²) in [7, 11) is -2.53. The van der Waals surface area contributed by atoms with Crippen LogP contribution in [0.15, 0.2) is 33.9 Å². The molecule has 0 saturated carbocycles. The number of amides is 1. The molecule has 3 rings (SSSR count). The second kappa shape index (κ2) is 8.08. The Balaban J connectivity index is 1.80. The Morgan fingerprint density at radius 2 is 2.07 bits per heavy atom. The van der Waals surface area contributed by atoms with Gasteiger partial charge in [0.1, 0.15) is 11.5 Å². The van der Waals surface area contributed by atoms with Crippen molar-refractivity contribution in [2.45, 2.75) is 43.9 Å². The summed E-state index contributed by atoms with van der Waals surface area (Å²) in [5, 5.41) is 6.90. The highest BCUT2D eigenvalue weighted by molar-refractivity contribution is 7.91. The Hall–Kier alpha value is -2.42. The van der Waals surface area contributed by atoms with Crippen LogP contribution in [0.5, 0.6) is 5.75 Å². The summed E-state index contributed by atoms with van der Waals surface area (Å²) < 4.78 is 35.8. The molecule has 0 radical (unpaired) electrons. The number of sulfone groups is 1. The van der Waals surface area contributed by atoms with Crippen LogP contribution in [0.25, 0.3) is 11.5 Å². The predicted molar refractivity (Wildman–Crippen MR) is 98.0 cm³/mol. The molecule has 8 nitrogen and oxygen atoms in total. The molecule has 27 heavy (non-hydrogen) atoms. The number of carbonyl (C=O) groups is 1. The van der Waals surface area contributed by atoms with Gasteiger partial charge in [-0.2, -0.15) is 0 Å². The number of aromatic nitrogens is 2. The minimum absolute atomic E-state index is 0.0304. The van der Waals surface area contributed by atoms with E-state index in [-0.39, 0.29) is 11.9 Å². The van der Waals surface area contributed by atoms with Crippen LogP contribution in [-0.4, -0.2) is 54.9 Å². The van der Waals surface area contributed by atoms with Crippen molar-refractivity contribution in [1.29, 1.82) is 0 Å². The summed E-state index contributed by atoms with van der Waals surface area (Å²) in [5.74, 6) is -0.571. The maximum Gasteiger partial charge on any atom is 0.336 e. The molecule has 146 valence electrons. The van der Waals surface area contributed by atoms with Crippen LogP contribution in [0.2, 0.25) is 0 Å². The summed E-state index contributed by atoms with van der Waals surface area (Å²) in [6.07, 6.45) is 3.66. The van der Waals surface area contributed by atoms with Gasteiger partial charge < -0.3 is 14.1 Å². The maximum atomic E-state index is 12.6. The summed E-state index contributed by atoms with van der Waals surface area (Å²) in [5.41, 5.74) is 0.488. The van der Waals surface area contributed by atoms with Crippen LogP contribution in [0.3, 0.4) is 0 Å². The zero-order valence-electron chi connectivity index (χ0n) is 15.4. The molecule has 2 heterocycles. The number of ether oxygens (including phenoxy) is 1. The molecule has 1 unspecified atom stereocenters. The first-order valence-electron chi connectivity index (χ1n) is 8.95. The van der Waals surface area contributed by atoms with Crippen molar-refractivity contribution < 1.29 is 22.4 Å². The lowest BCUT2D eigenvalue weighted by atomic mass is 10.0. The van der Waals surface area contributed by atoms with E-state index in [0.29, 0.717) is 17.9 Å². The van der Waals surface area contributed by atoms with Crippen molar-refractivity contribution in [1.82, 2.24) is 15.1 Å². The molecule has 2 aromatic rings. The minimum Gasteiger partial charge on any atom is -0.496 e. The quantitative estimate of drug-likeness (QED) is 0.742. The lowest BCUT2D eigenvalue weighted by molar-refractivity contribution is -0.132. The topological polar surface area (TPSA) is 103 Å². The fourth-order valence-electron chi connectivity index (χ4n) is 3.33. The third-order valence-electron chi connectivity index (χ3n) is 4.74. The fourth-order valence-corrected chi connectivity index (χ4v) is 4.31. The number of carbonyl (C=O) groups excluding carboxylic acids is 1. The Bertz CT molecular complexity index is 909. The van der Waals surface area contributed by atoms with Gasteiger partial charge in [-0.05, 0) is 37.8 Å². The molecule has 1 saturated heterocycles. The zero-order valence-corrected chi connectivity index (χ0v) is 16.2. The minimum atomic E-state index is -4.02. The fraction of sp³-hybridized carbons (Fsp3) is 0.500. The highest BCUT2D eigenvalue weighted by Crippen LogP contribution is 2.29. The first-order valence-corrected chi connectivity index (χ1v) is 10.6. The van der Waals surface area contributed by atoms with Crippen molar-refractivity contribution in [3.8, 4) is 17.2 Å². The number of hydrogen-bond acceptors (Lipinski definition) is 7. The van der Waals surface area contributed by atoms with Gasteiger partial charge in [0.25, 0.3) is 5.89 Å². The Morgan fingerprint density at radius 3 is 2.81 bits per heavy atom. The second-order valence-corrected chi connectivity index (χ2v) is 8.34. The highest BCUT2D eigenvalue weighted by Gasteiger charge is 2.32. The van der Waals surface area contributed by atoms with Gasteiger partial charge in [0, 0.05) is 12.6 Å². The molecular weight excluding hydrogens is 370 g/mol. The summed E-state index contributed by atoms with van der Waals surface area (Å²) in [4.78, 5) is 14.2. The maximum absolute atomic E-state index is 12.6. The zero-order chi connectivity index (χ0) is 19.4. The van der Waals surface area contributed by atoms with Gasteiger partial charge in [0.2, 0.25) is 15.7 Å². The van der Waals surface area contributed by atoms with Crippen LogP contribution in [0, 0.1) is 0 Å². The van der Waals surface area contributed by atoms with Gasteiger partial charge in [0.15, 0.2) is 0 Å². The monoisotopic (exact) mass is 393 g/mol. The molecule has 0 N–H and O–H groups in total. The molecule has 1 atom stereocenters. The van der Waals surface area contributed by atoms with Gasteiger partial charge >= 0.3 is 5.22 Å². The number of likely N-dealkylation sites (tertiary alicyclic amines) is 1. The standard InChI is InChI=1S/C18H23N3O5S/c1-3-13-8-6-7-11-21(13)16(22)12-27(23,24)18-20-19-17(26-18)14-9-4-5-10-15(14)25-2/h4-5,9-10,13H,3,6-8,11-12H2,1-2H3. The SMILES string of the molecule is CCC1CCCCN1C(=O)CS(=O)(=O)c1nnc(-c2ccccc2OC)o1. The number of para-hydroxylation sites is 1. The van der Waals surface area contributed by atoms with Crippen molar-refractivity contribution >= 4 is 15.7 Å². The van der Waals surface area contributed by atoms with Crippen LogP contribution < -0.4 is 4.74 Å². The molecule has 1 aromatic heterocycles. The number of methoxy groups -OCH3 is 1. The van der Waals surface area contributed by atoms with Crippen LogP contribution >= 0.6 is 0 Å². The predicted octanol–water partition coefficient (Wildman–Crippen LogP) is 2.31. The average molecular weight is 393 g/mol. The van der Waals surface area contributed by atoms with Gasteiger partial charge in [-0.25, -0.2) is 8.42 Å². The van der Waals surface area contributed by atoms with Gasteiger partial charge in [-0.1, -0.05) is 24.2 Å². The number of benzene rings is 1. The lowest BCUT2D eigenvalue weighted by Gasteiger charge is -2.35. The summed E-state index contributed by atoms with van der Waals surface area (Å²) in [6.45, 7) is 2.59. The van der Waals surface area contributed by atoms with Gasteiger partial charge in [-0.15, -0.1) is 5.10 Å². The molecule has 9 heteroatoms. The average Bonchev–Trinajstić information content (AvgIpc) is 3.18. The van der Waals surface area contributed by atoms with Crippen molar-refractivity contribution in [2.75, 3.05) is 19.4 Å². The molecule has 0 spiro atoms. The Morgan fingerprint density at radius 1 is 1.30 bits per heavy atom. The van der Waals surface area contributed by atoms with Gasteiger partial charge in [-0.3, -0.25) is 4.79 Å². The molecule has 1 amide bonds. The van der Waals surface area contributed by atoms with Crippen LogP contribution in [0.4, 0.5) is 0 Å². The number of hydrogen-bond donors (Lipinski definition) is 0. The summed E-state index contributed by atoms with van der Waals surface area (Å²) in [6, 6.07) is 7.01. The van der Waals surface area contributed by atoms with E-state index in [1.165, 1.54) is 7.11 Å². The molecule has 1 aromatic carbocycles. The van der Waals surface area contributed by atoms with Crippen molar-refractivity contribution in [3.63, 3.8) is 0 Å². The Labute approximate surface area is 158 Å². The molecule has 1 aliphatic rings. The highest BCUT2D eigenvalue weighted by atomic mass is 32.2. The second-order valence-electron chi connectivity index (χ2n) is 6.48. The van der Waals surface area contributed by atoms with E-state index in [9.17, 15) is 13.2 Å². The molecule has 0 bridgehead atoms. The lowest BCUT2D eigenvalue weighted by Crippen LogP contribution is -2.45. The Kier molecular flexibility index (Phi) is 5.79. The first-order chi connectivity index (χ1) is 13.0. The number of piperidine rings is 1. The third kappa shape index (κ3) is 4.13. The summed E-state index contributed by atoms with van der Waals surface area (Å²) >= 11 is 0. The van der Waals surface area contributed by atoms with E-state index < -0.39 is 26.7 Å². The van der Waals surface area contributed by atoms with E-state index in [1.54, 1.807) is 29.2 Å². The molecule has 0 aliphatic carbocycles. The molecule has 1 fully saturated rings. The van der Waals surface area contributed by atoms with E-state index in [1.807, 2.05) is 6.92 Å². The van der Waals surface area contributed by atoms with Crippen molar-refractivity contribution in [3.05, 3.63) is 24.3 Å². The third-order valence-corrected chi connectivity index (χ3v) is 6.07. The normalized spacial score (nSPS) is 17.7. The largest absolute Gasteiger partial charge is 0.496 e.